The molecule has 82 valence electrons. The Balaban J connectivity index is 2.62. The quantitative estimate of drug-likeness (QED) is 0.765. The normalized spacial score (nSPS) is 14.6. The summed E-state index contributed by atoms with van der Waals surface area (Å²) in [6, 6.07) is 9.43. The number of Topliss-reactive ketones (excluding diaryl/α,β-unsaturated/α-hetero) is 1. The monoisotopic (exact) mass is 207 g/mol. The molecule has 2 N–H and O–H groups in total. The third-order valence-electron chi connectivity index (χ3n) is 2.42. The molecule has 15 heavy (non-hydrogen) atoms. The van der Waals surface area contributed by atoms with Crippen LogP contribution in [0, 0.1) is 0 Å². The van der Waals surface area contributed by atoms with Crippen LogP contribution in [0.3, 0.4) is 0 Å². The SMILES string of the molecule is CC(=O)[C@@H](CO)N[C@H](C)c1ccccc1. The third-order valence-corrected chi connectivity index (χ3v) is 2.42. The first-order valence-corrected chi connectivity index (χ1v) is 5.07. The molecule has 0 amide bonds. The first kappa shape index (κ1) is 11.9. The topological polar surface area (TPSA) is 49.3 Å². The van der Waals surface area contributed by atoms with Crippen molar-refractivity contribution in [1.82, 2.24) is 5.32 Å². The van der Waals surface area contributed by atoms with Crippen LogP contribution in [0.15, 0.2) is 30.3 Å². The van der Waals surface area contributed by atoms with Crippen LogP contribution in [0.1, 0.15) is 25.5 Å². The van der Waals surface area contributed by atoms with Crippen molar-refractivity contribution in [3.05, 3.63) is 35.9 Å². The van der Waals surface area contributed by atoms with Gasteiger partial charge in [0.15, 0.2) is 0 Å². The van der Waals surface area contributed by atoms with Gasteiger partial charge in [0.05, 0.1) is 12.6 Å². The number of hydrogen-bond acceptors (Lipinski definition) is 3. The predicted molar refractivity (Wildman–Crippen MR) is 59.5 cm³/mol. The summed E-state index contributed by atoms with van der Waals surface area (Å²) in [5, 5.41) is 12.1. The molecule has 3 heteroatoms. The number of nitrogens with one attached hydrogen (secondary N) is 1. The second-order valence-electron chi connectivity index (χ2n) is 3.64. The maximum absolute atomic E-state index is 11.1. The fraction of sp³-hybridized carbons (Fsp3) is 0.417. The molecular formula is C12H17NO2. The molecule has 3 nitrogen and oxygen atoms in total. The highest BCUT2D eigenvalue weighted by molar-refractivity contribution is 5.81. The summed E-state index contributed by atoms with van der Waals surface area (Å²) in [5.41, 5.74) is 1.11. The maximum Gasteiger partial charge on any atom is 0.149 e. The largest absolute Gasteiger partial charge is 0.394 e. The van der Waals surface area contributed by atoms with Gasteiger partial charge >= 0.3 is 0 Å². The van der Waals surface area contributed by atoms with Gasteiger partial charge in [-0.05, 0) is 19.4 Å². The Morgan fingerprint density at radius 3 is 2.47 bits per heavy atom. The van der Waals surface area contributed by atoms with Gasteiger partial charge < -0.3 is 5.11 Å². The van der Waals surface area contributed by atoms with E-state index in [4.69, 9.17) is 5.11 Å². The van der Waals surface area contributed by atoms with Crippen LogP contribution in [0.4, 0.5) is 0 Å². The molecule has 1 rings (SSSR count). The first-order valence-electron chi connectivity index (χ1n) is 5.07. The van der Waals surface area contributed by atoms with Crippen molar-refractivity contribution < 1.29 is 9.90 Å². The highest BCUT2D eigenvalue weighted by atomic mass is 16.3. The summed E-state index contributed by atoms with van der Waals surface area (Å²) in [5.74, 6) is -0.0414. The zero-order chi connectivity index (χ0) is 11.3. The molecule has 1 aromatic carbocycles. The van der Waals surface area contributed by atoms with Crippen molar-refractivity contribution in [2.45, 2.75) is 25.9 Å². The average Bonchev–Trinajstić information content (AvgIpc) is 2.26. The maximum atomic E-state index is 11.1. The minimum Gasteiger partial charge on any atom is -0.394 e. The van der Waals surface area contributed by atoms with Crippen LogP contribution in [0.2, 0.25) is 0 Å². The molecule has 0 aliphatic rings. The number of ketones is 1. The molecule has 0 radical (unpaired) electrons. The van der Waals surface area contributed by atoms with Crippen molar-refractivity contribution in [2.24, 2.45) is 0 Å². The summed E-state index contributed by atoms with van der Waals surface area (Å²) in [6.07, 6.45) is 0. The van der Waals surface area contributed by atoms with E-state index in [9.17, 15) is 4.79 Å². The van der Waals surface area contributed by atoms with E-state index in [1.54, 1.807) is 0 Å². The smallest absolute Gasteiger partial charge is 0.149 e. The van der Waals surface area contributed by atoms with Crippen molar-refractivity contribution >= 4 is 5.78 Å². The van der Waals surface area contributed by atoms with Gasteiger partial charge in [0.1, 0.15) is 5.78 Å². The summed E-state index contributed by atoms with van der Waals surface area (Å²) in [7, 11) is 0. The molecule has 0 saturated heterocycles. The summed E-state index contributed by atoms with van der Waals surface area (Å²) in [6.45, 7) is 3.29. The molecular weight excluding hydrogens is 190 g/mol. The zero-order valence-electron chi connectivity index (χ0n) is 9.10. The summed E-state index contributed by atoms with van der Waals surface area (Å²) in [4.78, 5) is 11.1. The Hall–Kier alpha value is -1.19. The van der Waals surface area contributed by atoms with E-state index in [-0.39, 0.29) is 18.4 Å². The minimum atomic E-state index is -0.472. The summed E-state index contributed by atoms with van der Waals surface area (Å²) >= 11 is 0. The van der Waals surface area contributed by atoms with Crippen LogP contribution in [0.25, 0.3) is 0 Å². The van der Waals surface area contributed by atoms with E-state index in [0.29, 0.717) is 0 Å². The van der Waals surface area contributed by atoms with Crippen molar-refractivity contribution in [1.29, 1.82) is 0 Å². The van der Waals surface area contributed by atoms with Crippen LogP contribution < -0.4 is 5.32 Å². The highest BCUT2D eigenvalue weighted by Crippen LogP contribution is 2.11. The lowest BCUT2D eigenvalue weighted by molar-refractivity contribution is -0.120. The molecule has 0 heterocycles. The van der Waals surface area contributed by atoms with Crippen LogP contribution in [0.5, 0.6) is 0 Å². The van der Waals surface area contributed by atoms with Gasteiger partial charge in [0, 0.05) is 6.04 Å². The Morgan fingerprint density at radius 1 is 1.40 bits per heavy atom. The van der Waals surface area contributed by atoms with E-state index < -0.39 is 6.04 Å². The molecule has 0 unspecified atom stereocenters. The third kappa shape index (κ3) is 3.46. The van der Waals surface area contributed by atoms with Gasteiger partial charge in [-0.2, -0.15) is 0 Å². The minimum absolute atomic E-state index is 0.0414. The molecule has 0 aromatic heterocycles. The molecule has 0 fully saturated rings. The van der Waals surface area contributed by atoms with E-state index in [1.165, 1.54) is 6.92 Å². The van der Waals surface area contributed by atoms with Crippen molar-refractivity contribution in [3.63, 3.8) is 0 Å². The first-order chi connectivity index (χ1) is 7.15. The Kier molecular flexibility index (Phi) is 4.46. The van der Waals surface area contributed by atoms with Crippen LogP contribution in [-0.2, 0) is 4.79 Å². The van der Waals surface area contributed by atoms with E-state index >= 15 is 0 Å². The standard InChI is InChI=1S/C12H17NO2/c1-9(11-6-4-3-5-7-11)13-12(8-14)10(2)15/h3-7,9,12-14H,8H2,1-2H3/t9-,12-/m1/s1. The van der Waals surface area contributed by atoms with Gasteiger partial charge in [-0.1, -0.05) is 30.3 Å². The Bertz CT molecular complexity index is 311. The van der Waals surface area contributed by atoms with Crippen LogP contribution in [-0.4, -0.2) is 23.5 Å². The molecule has 2 atom stereocenters. The van der Waals surface area contributed by atoms with Gasteiger partial charge in [-0.15, -0.1) is 0 Å². The number of benzene rings is 1. The number of hydrogen-bond donors (Lipinski definition) is 2. The van der Waals surface area contributed by atoms with E-state index in [0.717, 1.165) is 5.56 Å². The Labute approximate surface area is 90.1 Å². The number of aliphatic hydroxyl groups excluding tert-OH is 1. The summed E-state index contributed by atoms with van der Waals surface area (Å²) < 4.78 is 0. The molecule has 0 saturated carbocycles. The lowest BCUT2D eigenvalue weighted by Gasteiger charge is -2.19. The number of aliphatic hydroxyl groups is 1. The molecule has 0 spiro atoms. The number of carbonyl (C=O) groups is 1. The highest BCUT2D eigenvalue weighted by Gasteiger charge is 2.15. The molecule has 1 aromatic rings. The van der Waals surface area contributed by atoms with E-state index in [1.807, 2.05) is 37.3 Å². The lowest BCUT2D eigenvalue weighted by Crippen LogP contribution is -2.39. The van der Waals surface area contributed by atoms with Gasteiger partial charge in [-0.3, -0.25) is 10.1 Å². The van der Waals surface area contributed by atoms with Gasteiger partial charge in [0.25, 0.3) is 0 Å². The van der Waals surface area contributed by atoms with Crippen molar-refractivity contribution in [3.8, 4) is 0 Å². The molecule has 0 aliphatic heterocycles. The number of carbonyl (C=O) groups excluding carboxylic acids is 1. The fourth-order valence-corrected chi connectivity index (χ4v) is 1.44. The van der Waals surface area contributed by atoms with Gasteiger partial charge in [0.2, 0.25) is 0 Å². The number of rotatable bonds is 5. The van der Waals surface area contributed by atoms with Crippen LogP contribution >= 0.6 is 0 Å². The average molecular weight is 207 g/mol. The lowest BCUT2D eigenvalue weighted by atomic mass is 10.1. The van der Waals surface area contributed by atoms with Gasteiger partial charge in [-0.25, -0.2) is 0 Å². The zero-order valence-corrected chi connectivity index (χ0v) is 9.10. The Morgan fingerprint density at radius 2 is 2.00 bits per heavy atom. The van der Waals surface area contributed by atoms with E-state index in [2.05, 4.69) is 5.32 Å². The fourth-order valence-electron chi connectivity index (χ4n) is 1.44. The van der Waals surface area contributed by atoms with Crippen molar-refractivity contribution in [2.75, 3.05) is 6.61 Å². The predicted octanol–water partition coefficient (Wildman–Crippen LogP) is 1.29. The molecule has 0 bridgehead atoms. The second kappa shape index (κ2) is 5.63. The second-order valence-corrected chi connectivity index (χ2v) is 3.64. The molecule has 0 aliphatic carbocycles.